The Morgan fingerprint density at radius 2 is 2.16 bits per heavy atom. The van der Waals surface area contributed by atoms with Crippen molar-refractivity contribution in [2.24, 2.45) is 11.8 Å². The average molecular weight is 465 g/mol. The number of aromatic nitrogens is 1. The van der Waals surface area contributed by atoms with Crippen LogP contribution in [0.5, 0.6) is 16.7 Å². The van der Waals surface area contributed by atoms with Crippen LogP contribution < -0.4 is 14.8 Å². The summed E-state index contributed by atoms with van der Waals surface area (Å²) in [5, 5.41) is 3.85. The molecule has 1 aliphatic carbocycles. The summed E-state index contributed by atoms with van der Waals surface area (Å²) < 4.78 is 16.9. The summed E-state index contributed by atoms with van der Waals surface area (Å²) >= 11 is 7.72. The molecule has 1 aliphatic rings. The normalized spacial score (nSPS) is 14.7. The van der Waals surface area contributed by atoms with Gasteiger partial charge in [0, 0.05) is 24.9 Å². The molecule has 6 nitrogen and oxygen atoms in total. The first-order chi connectivity index (χ1) is 14.9. The Morgan fingerprint density at radius 1 is 1.35 bits per heavy atom. The Labute approximate surface area is 192 Å². The maximum Gasteiger partial charge on any atom is 0.279 e. The fraction of sp³-hybridized carbons (Fsp3) is 0.478. The van der Waals surface area contributed by atoms with Crippen LogP contribution in [0.15, 0.2) is 30.5 Å². The van der Waals surface area contributed by atoms with E-state index in [0.717, 1.165) is 17.2 Å². The van der Waals surface area contributed by atoms with Gasteiger partial charge in [0.15, 0.2) is 0 Å². The highest BCUT2D eigenvalue weighted by Gasteiger charge is 2.22. The molecule has 0 aliphatic heterocycles. The number of hydrogen-bond donors (Lipinski definition) is 1. The number of halogens is 1. The van der Waals surface area contributed by atoms with Crippen LogP contribution in [0, 0.1) is 11.8 Å². The van der Waals surface area contributed by atoms with E-state index >= 15 is 0 Å². The van der Waals surface area contributed by atoms with Crippen LogP contribution in [0.3, 0.4) is 0 Å². The lowest BCUT2D eigenvalue weighted by molar-refractivity contribution is -0.126. The molecule has 2 aromatic rings. The van der Waals surface area contributed by atoms with E-state index in [1.54, 1.807) is 18.3 Å². The lowest BCUT2D eigenvalue weighted by Gasteiger charge is -2.10. The van der Waals surface area contributed by atoms with Crippen LogP contribution >= 0.6 is 22.9 Å². The molecule has 0 unspecified atom stereocenters. The van der Waals surface area contributed by atoms with Gasteiger partial charge in [0.2, 0.25) is 5.91 Å². The average Bonchev–Trinajstić information content (AvgIpc) is 3.44. The predicted octanol–water partition coefficient (Wildman–Crippen LogP) is 5.57. The number of amides is 1. The van der Waals surface area contributed by atoms with Crippen molar-refractivity contribution in [1.82, 2.24) is 10.3 Å². The maximum absolute atomic E-state index is 11.9. The van der Waals surface area contributed by atoms with Crippen LogP contribution in [0.1, 0.15) is 38.5 Å². The summed E-state index contributed by atoms with van der Waals surface area (Å²) in [5.74, 6) is 2.24. The second-order valence-corrected chi connectivity index (χ2v) is 9.53. The highest BCUT2D eigenvalue weighted by Crippen LogP contribution is 2.35. The highest BCUT2D eigenvalue weighted by molar-refractivity contribution is 7.14. The van der Waals surface area contributed by atoms with Crippen LogP contribution in [-0.2, 0) is 9.53 Å². The van der Waals surface area contributed by atoms with Crippen LogP contribution in [0.25, 0.3) is 6.08 Å². The van der Waals surface area contributed by atoms with E-state index in [4.69, 9.17) is 25.8 Å². The zero-order valence-corrected chi connectivity index (χ0v) is 19.7. The summed E-state index contributed by atoms with van der Waals surface area (Å²) in [6.45, 7) is 7.37. The Kier molecular flexibility index (Phi) is 8.75. The fourth-order valence-corrected chi connectivity index (χ4v) is 3.51. The van der Waals surface area contributed by atoms with Gasteiger partial charge in [-0.15, -0.1) is 0 Å². The number of carbonyl (C=O) groups excluding carboxylic acids is 1. The van der Waals surface area contributed by atoms with E-state index in [2.05, 4.69) is 10.3 Å². The van der Waals surface area contributed by atoms with E-state index in [9.17, 15) is 4.79 Å². The molecule has 1 atom stereocenters. The number of hydrogen-bond acceptors (Lipinski definition) is 6. The van der Waals surface area contributed by atoms with Gasteiger partial charge in [-0.25, -0.2) is 4.98 Å². The van der Waals surface area contributed by atoms with E-state index in [-0.39, 0.29) is 18.6 Å². The molecule has 168 valence electrons. The lowest BCUT2D eigenvalue weighted by Crippen LogP contribution is -2.34. The first-order valence-electron chi connectivity index (χ1n) is 10.5. The molecule has 1 fully saturated rings. The van der Waals surface area contributed by atoms with Crippen molar-refractivity contribution < 1.29 is 19.0 Å². The number of rotatable bonds is 12. The van der Waals surface area contributed by atoms with Crippen LogP contribution in [0.2, 0.25) is 5.02 Å². The number of thiazole rings is 1. The SMILES string of the molecule is CC(C)COCC(=O)N[C@@H](C)/C=C/c1cnc(Oc2ccc(OCC3CC3)cc2Cl)s1. The van der Waals surface area contributed by atoms with Gasteiger partial charge in [-0.2, -0.15) is 0 Å². The topological polar surface area (TPSA) is 69.7 Å². The molecule has 0 saturated heterocycles. The first-order valence-corrected chi connectivity index (χ1v) is 11.7. The smallest absolute Gasteiger partial charge is 0.279 e. The van der Waals surface area contributed by atoms with Crippen molar-refractivity contribution in [3.05, 3.63) is 40.4 Å². The van der Waals surface area contributed by atoms with Crippen molar-refractivity contribution in [3.8, 4) is 16.7 Å². The number of nitrogens with one attached hydrogen (secondary N) is 1. The van der Waals surface area contributed by atoms with Crippen LogP contribution in [0.4, 0.5) is 0 Å². The Hall–Kier alpha value is -2.09. The molecule has 1 N–H and O–H groups in total. The second kappa shape index (κ2) is 11.5. The minimum Gasteiger partial charge on any atom is -0.493 e. The molecule has 1 amide bonds. The van der Waals surface area contributed by atoms with Gasteiger partial charge in [0.05, 0.1) is 16.5 Å². The van der Waals surface area contributed by atoms with Gasteiger partial charge < -0.3 is 19.5 Å². The molecular formula is C23H29ClN2O4S. The first kappa shape index (κ1) is 23.6. The van der Waals surface area contributed by atoms with E-state index in [1.165, 1.54) is 24.2 Å². The minimum absolute atomic E-state index is 0.0695. The molecule has 31 heavy (non-hydrogen) atoms. The van der Waals surface area contributed by atoms with Crippen molar-refractivity contribution in [2.75, 3.05) is 19.8 Å². The zero-order chi connectivity index (χ0) is 22.2. The van der Waals surface area contributed by atoms with Crippen molar-refractivity contribution in [3.63, 3.8) is 0 Å². The second-order valence-electron chi connectivity index (χ2n) is 8.10. The third-order valence-electron chi connectivity index (χ3n) is 4.41. The molecule has 1 aromatic heterocycles. The minimum atomic E-state index is -0.134. The quantitative estimate of drug-likeness (QED) is 0.444. The maximum atomic E-state index is 11.9. The standard InChI is InChI=1S/C23H29ClN2O4S/c1-15(2)12-28-14-22(27)26-16(3)4-8-19-11-25-23(31-19)30-21-9-7-18(10-20(21)24)29-13-17-5-6-17/h4,7-11,15-17H,5-6,12-14H2,1-3H3,(H,26,27)/b8-4+/t16-/m0/s1. The van der Waals surface area contributed by atoms with Crippen molar-refractivity contribution in [1.29, 1.82) is 0 Å². The Balaban J connectivity index is 1.46. The molecule has 1 heterocycles. The van der Waals surface area contributed by atoms with Crippen molar-refractivity contribution in [2.45, 2.75) is 39.7 Å². The summed E-state index contributed by atoms with van der Waals surface area (Å²) in [5.41, 5.74) is 0. The van der Waals surface area contributed by atoms with E-state index in [1.807, 2.05) is 39.0 Å². The monoisotopic (exact) mass is 464 g/mol. The Bertz CT molecular complexity index is 895. The largest absolute Gasteiger partial charge is 0.493 e. The molecule has 0 bridgehead atoms. The molecule has 8 heteroatoms. The molecule has 1 aromatic carbocycles. The molecule has 3 rings (SSSR count). The molecular weight excluding hydrogens is 436 g/mol. The zero-order valence-electron chi connectivity index (χ0n) is 18.1. The summed E-state index contributed by atoms with van der Waals surface area (Å²) in [6, 6.07) is 5.29. The molecule has 0 radical (unpaired) electrons. The van der Waals surface area contributed by atoms with E-state index in [0.29, 0.717) is 34.4 Å². The predicted molar refractivity (Wildman–Crippen MR) is 124 cm³/mol. The summed E-state index contributed by atoms with van der Waals surface area (Å²) in [7, 11) is 0. The van der Waals surface area contributed by atoms with Crippen molar-refractivity contribution >= 4 is 34.9 Å². The Morgan fingerprint density at radius 3 is 2.87 bits per heavy atom. The summed E-state index contributed by atoms with van der Waals surface area (Å²) in [6.07, 6.45) is 8.01. The number of nitrogens with zero attached hydrogens (tertiary/aromatic N) is 1. The van der Waals surface area contributed by atoms with Gasteiger partial charge in [0.1, 0.15) is 18.1 Å². The van der Waals surface area contributed by atoms with Gasteiger partial charge in [-0.3, -0.25) is 4.79 Å². The third-order valence-corrected chi connectivity index (χ3v) is 5.54. The number of ether oxygens (including phenoxy) is 3. The van der Waals surface area contributed by atoms with Gasteiger partial charge >= 0.3 is 0 Å². The van der Waals surface area contributed by atoms with Gasteiger partial charge in [-0.1, -0.05) is 42.9 Å². The number of benzene rings is 1. The lowest BCUT2D eigenvalue weighted by atomic mass is 10.2. The summed E-state index contributed by atoms with van der Waals surface area (Å²) in [4.78, 5) is 17.1. The van der Waals surface area contributed by atoms with Crippen LogP contribution in [-0.4, -0.2) is 36.8 Å². The molecule has 0 spiro atoms. The number of carbonyl (C=O) groups is 1. The van der Waals surface area contributed by atoms with Gasteiger partial charge in [0.25, 0.3) is 5.19 Å². The highest BCUT2D eigenvalue weighted by atomic mass is 35.5. The van der Waals surface area contributed by atoms with E-state index < -0.39 is 0 Å². The molecule has 1 saturated carbocycles. The fourth-order valence-electron chi connectivity index (χ4n) is 2.61. The van der Waals surface area contributed by atoms with Gasteiger partial charge in [-0.05, 0) is 49.8 Å². The third kappa shape index (κ3) is 8.51.